The van der Waals surface area contributed by atoms with Crippen LogP contribution >= 0.6 is 11.6 Å². The third kappa shape index (κ3) is 2.77. The predicted octanol–water partition coefficient (Wildman–Crippen LogP) is 2.92. The SMILES string of the molecule is O=C(O)C1c2ccccc2CCN1Cc1ccncc1Cl. The van der Waals surface area contributed by atoms with Crippen molar-refractivity contribution in [3.63, 3.8) is 0 Å². The second-order valence-corrected chi connectivity index (χ2v) is 5.53. The van der Waals surface area contributed by atoms with Gasteiger partial charge in [-0.3, -0.25) is 14.7 Å². The molecule has 1 aliphatic rings. The average molecular weight is 303 g/mol. The first-order valence-electron chi connectivity index (χ1n) is 6.80. The van der Waals surface area contributed by atoms with E-state index in [1.54, 1.807) is 12.4 Å². The quantitative estimate of drug-likeness (QED) is 0.947. The standard InChI is InChI=1S/C16H15ClN2O2/c17-14-9-18-7-5-12(14)10-19-8-6-11-3-1-2-4-13(11)15(19)16(20)21/h1-5,7,9,15H,6,8,10H2,(H,20,21). The van der Waals surface area contributed by atoms with Crippen molar-refractivity contribution in [1.29, 1.82) is 0 Å². The maximum Gasteiger partial charge on any atom is 0.325 e. The fourth-order valence-electron chi connectivity index (χ4n) is 2.83. The Kier molecular flexibility index (Phi) is 3.90. The number of carboxylic acids is 1. The molecule has 1 aromatic heterocycles. The van der Waals surface area contributed by atoms with Gasteiger partial charge in [-0.05, 0) is 29.2 Å². The van der Waals surface area contributed by atoms with Crippen LogP contribution in [0.15, 0.2) is 42.7 Å². The fourth-order valence-corrected chi connectivity index (χ4v) is 3.01. The van der Waals surface area contributed by atoms with Crippen LogP contribution in [-0.4, -0.2) is 27.5 Å². The van der Waals surface area contributed by atoms with Crippen molar-refractivity contribution in [1.82, 2.24) is 9.88 Å². The second kappa shape index (κ2) is 5.84. The summed E-state index contributed by atoms with van der Waals surface area (Å²) in [7, 11) is 0. The van der Waals surface area contributed by atoms with E-state index in [-0.39, 0.29) is 0 Å². The van der Waals surface area contributed by atoms with Crippen molar-refractivity contribution < 1.29 is 9.90 Å². The molecule has 1 unspecified atom stereocenters. The molecule has 4 nitrogen and oxygen atoms in total. The van der Waals surface area contributed by atoms with Crippen LogP contribution in [0.5, 0.6) is 0 Å². The first-order chi connectivity index (χ1) is 10.2. The van der Waals surface area contributed by atoms with Gasteiger partial charge < -0.3 is 5.11 Å². The summed E-state index contributed by atoms with van der Waals surface area (Å²) >= 11 is 6.13. The lowest BCUT2D eigenvalue weighted by atomic mass is 9.92. The summed E-state index contributed by atoms with van der Waals surface area (Å²) in [5.74, 6) is -0.827. The molecule has 0 fully saturated rings. The van der Waals surface area contributed by atoms with Crippen molar-refractivity contribution in [3.8, 4) is 0 Å². The van der Waals surface area contributed by atoms with E-state index in [9.17, 15) is 9.90 Å². The molecule has 1 aromatic carbocycles. The van der Waals surface area contributed by atoms with Gasteiger partial charge in [0.05, 0.1) is 5.02 Å². The molecule has 1 atom stereocenters. The number of pyridine rings is 1. The molecule has 108 valence electrons. The molecule has 3 rings (SSSR count). The number of hydrogen-bond donors (Lipinski definition) is 1. The van der Waals surface area contributed by atoms with E-state index < -0.39 is 12.0 Å². The molecule has 1 N–H and O–H groups in total. The van der Waals surface area contributed by atoms with Crippen molar-refractivity contribution in [2.75, 3.05) is 6.54 Å². The van der Waals surface area contributed by atoms with Crippen LogP contribution in [0.2, 0.25) is 5.02 Å². The van der Waals surface area contributed by atoms with E-state index in [4.69, 9.17) is 11.6 Å². The minimum absolute atomic E-state index is 0.507. The zero-order valence-electron chi connectivity index (χ0n) is 11.4. The summed E-state index contributed by atoms with van der Waals surface area (Å²) < 4.78 is 0. The van der Waals surface area contributed by atoms with Gasteiger partial charge in [-0.15, -0.1) is 0 Å². The Morgan fingerprint density at radius 3 is 2.95 bits per heavy atom. The Hall–Kier alpha value is -1.91. The number of carboxylic acid groups (broad SMARTS) is 1. The van der Waals surface area contributed by atoms with Gasteiger partial charge in [-0.25, -0.2) is 0 Å². The number of aliphatic carboxylic acids is 1. The summed E-state index contributed by atoms with van der Waals surface area (Å²) in [5.41, 5.74) is 2.89. The smallest absolute Gasteiger partial charge is 0.325 e. The molecular weight excluding hydrogens is 288 g/mol. The molecule has 0 radical (unpaired) electrons. The van der Waals surface area contributed by atoms with Crippen LogP contribution in [0, 0.1) is 0 Å². The Morgan fingerprint density at radius 1 is 1.38 bits per heavy atom. The van der Waals surface area contributed by atoms with E-state index in [0.717, 1.165) is 23.1 Å². The zero-order valence-corrected chi connectivity index (χ0v) is 12.1. The van der Waals surface area contributed by atoms with E-state index in [1.165, 1.54) is 0 Å². The lowest BCUT2D eigenvalue weighted by Crippen LogP contribution is -2.39. The van der Waals surface area contributed by atoms with Gasteiger partial charge in [0.1, 0.15) is 6.04 Å². The number of halogens is 1. The number of carbonyl (C=O) groups is 1. The van der Waals surface area contributed by atoms with Crippen molar-refractivity contribution in [2.24, 2.45) is 0 Å². The largest absolute Gasteiger partial charge is 0.480 e. The minimum atomic E-state index is -0.827. The molecule has 2 heterocycles. The number of nitrogens with zero attached hydrogens (tertiary/aromatic N) is 2. The Labute approximate surface area is 128 Å². The number of fused-ring (bicyclic) bond motifs is 1. The molecule has 0 aliphatic carbocycles. The van der Waals surface area contributed by atoms with Crippen LogP contribution in [0.3, 0.4) is 0 Å². The number of hydrogen-bond acceptors (Lipinski definition) is 3. The van der Waals surface area contributed by atoms with E-state index >= 15 is 0 Å². The fraction of sp³-hybridized carbons (Fsp3) is 0.250. The molecule has 0 spiro atoms. The van der Waals surface area contributed by atoms with Crippen molar-refractivity contribution in [2.45, 2.75) is 19.0 Å². The topological polar surface area (TPSA) is 53.4 Å². The van der Waals surface area contributed by atoms with Gasteiger partial charge in [-0.1, -0.05) is 35.9 Å². The normalized spacial score (nSPS) is 18.2. The molecule has 5 heteroatoms. The molecule has 1 aliphatic heterocycles. The van der Waals surface area contributed by atoms with Crippen LogP contribution < -0.4 is 0 Å². The highest BCUT2D eigenvalue weighted by Crippen LogP contribution is 2.31. The first-order valence-corrected chi connectivity index (χ1v) is 7.17. The number of aromatic nitrogens is 1. The van der Waals surface area contributed by atoms with Crippen LogP contribution in [0.25, 0.3) is 0 Å². The van der Waals surface area contributed by atoms with Gasteiger partial charge in [0.15, 0.2) is 0 Å². The van der Waals surface area contributed by atoms with Crippen LogP contribution in [-0.2, 0) is 17.8 Å². The lowest BCUT2D eigenvalue weighted by molar-refractivity contribution is -0.144. The molecule has 0 saturated heterocycles. The highest BCUT2D eigenvalue weighted by atomic mass is 35.5. The van der Waals surface area contributed by atoms with Gasteiger partial charge >= 0.3 is 5.97 Å². The number of rotatable bonds is 3. The monoisotopic (exact) mass is 302 g/mol. The summed E-state index contributed by atoms with van der Waals surface area (Å²) in [6, 6.07) is 8.95. The van der Waals surface area contributed by atoms with Gasteiger partial charge in [0.25, 0.3) is 0 Å². The van der Waals surface area contributed by atoms with E-state index in [0.29, 0.717) is 18.1 Å². The van der Waals surface area contributed by atoms with Crippen LogP contribution in [0.1, 0.15) is 22.7 Å². The highest BCUT2D eigenvalue weighted by Gasteiger charge is 2.32. The first kappa shape index (κ1) is 14.0. The third-order valence-corrected chi connectivity index (χ3v) is 4.19. The molecule has 0 saturated carbocycles. The maximum absolute atomic E-state index is 11.7. The van der Waals surface area contributed by atoms with Gasteiger partial charge in [-0.2, -0.15) is 0 Å². The van der Waals surface area contributed by atoms with Crippen molar-refractivity contribution in [3.05, 3.63) is 64.4 Å². The molecule has 0 bridgehead atoms. The minimum Gasteiger partial charge on any atom is -0.480 e. The lowest BCUT2D eigenvalue weighted by Gasteiger charge is -2.34. The van der Waals surface area contributed by atoms with Crippen LogP contribution in [0.4, 0.5) is 0 Å². The summed E-state index contributed by atoms with van der Waals surface area (Å²) in [6.45, 7) is 1.21. The Morgan fingerprint density at radius 2 is 2.19 bits per heavy atom. The average Bonchev–Trinajstić information content (AvgIpc) is 2.49. The van der Waals surface area contributed by atoms with E-state index in [2.05, 4.69) is 4.98 Å². The summed E-state index contributed by atoms with van der Waals surface area (Å²) in [4.78, 5) is 17.6. The third-order valence-electron chi connectivity index (χ3n) is 3.85. The van der Waals surface area contributed by atoms with Crippen molar-refractivity contribution >= 4 is 17.6 Å². The highest BCUT2D eigenvalue weighted by molar-refractivity contribution is 6.31. The predicted molar refractivity (Wildman–Crippen MR) is 80.2 cm³/mol. The Balaban J connectivity index is 1.93. The molecule has 21 heavy (non-hydrogen) atoms. The number of benzene rings is 1. The Bertz CT molecular complexity index is 675. The van der Waals surface area contributed by atoms with Gasteiger partial charge in [0, 0.05) is 25.5 Å². The molecule has 2 aromatic rings. The zero-order chi connectivity index (χ0) is 14.8. The van der Waals surface area contributed by atoms with E-state index in [1.807, 2.05) is 35.2 Å². The molecular formula is C16H15ClN2O2. The summed E-state index contributed by atoms with van der Waals surface area (Å²) in [5, 5.41) is 10.2. The maximum atomic E-state index is 11.7. The molecule has 0 amide bonds. The summed E-state index contributed by atoms with van der Waals surface area (Å²) in [6.07, 6.45) is 4.11. The van der Waals surface area contributed by atoms with Gasteiger partial charge in [0.2, 0.25) is 0 Å². The second-order valence-electron chi connectivity index (χ2n) is 5.13.